The first-order chi connectivity index (χ1) is 15.7. The van der Waals surface area contributed by atoms with Crippen molar-refractivity contribution >= 4 is 23.5 Å². The third-order valence-electron chi connectivity index (χ3n) is 6.71. The molecule has 2 aromatic carbocycles. The number of thioether (sulfide) groups is 2. The number of hydrogen-bond acceptors (Lipinski definition) is 4. The predicted octanol–water partition coefficient (Wildman–Crippen LogP) is 8.19. The third-order valence-corrected chi connectivity index (χ3v) is 8.72. The monoisotopic (exact) mass is 470 g/mol. The Kier molecular flexibility index (Phi) is 9.16. The van der Waals surface area contributed by atoms with Crippen LogP contribution in [0.4, 0.5) is 0 Å². The molecule has 5 rings (SSSR count). The lowest BCUT2D eigenvalue weighted by Crippen LogP contribution is -2.08. The molecule has 0 spiro atoms. The first kappa shape index (κ1) is 23.9. The Balaban J connectivity index is 1.68. The van der Waals surface area contributed by atoms with Crippen molar-refractivity contribution < 1.29 is 9.47 Å². The fourth-order valence-corrected chi connectivity index (χ4v) is 6.43. The van der Waals surface area contributed by atoms with Gasteiger partial charge in [-0.15, -0.1) is 0 Å². The molecular weight excluding hydrogens is 432 g/mol. The number of hydrogen-bond donors (Lipinski definition) is 0. The fourth-order valence-electron chi connectivity index (χ4n) is 4.89. The van der Waals surface area contributed by atoms with Crippen LogP contribution in [-0.4, -0.2) is 25.7 Å². The van der Waals surface area contributed by atoms with Gasteiger partial charge in [-0.2, -0.15) is 23.5 Å². The molecule has 0 radical (unpaired) electrons. The summed E-state index contributed by atoms with van der Waals surface area (Å²) in [7, 11) is 0. The second kappa shape index (κ2) is 12.3. The van der Waals surface area contributed by atoms with Crippen molar-refractivity contribution in [3.8, 4) is 11.5 Å². The minimum atomic E-state index is 0.428. The molecule has 2 nitrogen and oxygen atoms in total. The first-order valence-electron chi connectivity index (χ1n) is 12.3. The highest BCUT2D eigenvalue weighted by molar-refractivity contribution is 7.99. The first-order valence-corrected chi connectivity index (χ1v) is 14.9. The Morgan fingerprint density at radius 1 is 0.562 bits per heavy atom. The Morgan fingerprint density at radius 2 is 0.969 bits per heavy atom. The molecule has 0 aromatic heterocycles. The van der Waals surface area contributed by atoms with Gasteiger partial charge in [0.15, 0.2) is 0 Å². The fraction of sp³-hybridized carbons (Fsp3) is 0.571. The molecule has 2 atom stereocenters. The van der Waals surface area contributed by atoms with Crippen molar-refractivity contribution in [2.24, 2.45) is 0 Å². The van der Waals surface area contributed by atoms with Gasteiger partial charge in [0.05, 0.1) is 13.2 Å². The maximum Gasteiger partial charge on any atom is 0.119 e. The van der Waals surface area contributed by atoms with Crippen LogP contribution in [0.25, 0.3) is 0 Å². The summed E-state index contributed by atoms with van der Waals surface area (Å²) in [6, 6.07) is 14.0. The van der Waals surface area contributed by atoms with E-state index in [0.29, 0.717) is 10.5 Å². The minimum Gasteiger partial charge on any atom is -0.494 e. The second-order valence-electron chi connectivity index (χ2n) is 9.20. The molecule has 32 heavy (non-hydrogen) atoms. The average molecular weight is 471 g/mol. The van der Waals surface area contributed by atoms with Gasteiger partial charge in [0.25, 0.3) is 0 Å². The van der Waals surface area contributed by atoms with E-state index < -0.39 is 0 Å². The zero-order valence-electron chi connectivity index (χ0n) is 19.7. The summed E-state index contributed by atoms with van der Waals surface area (Å²) in [5.74, 6) is 2.11. The Labute approximate surface area is 203 Å². The highest BCUT2D eigenvalue weighted by Crippen LogP contribution is 2.40. The maximum absolute atomic E-state index is 6.28. The van der Waals surface area contributed by atoms with E-state index in [0.717, 1.165) is 50.4 Å². The van der Waals surface area contributed by atoms with Crippen LogP contribution in [-0.2, 0) is 12.8 Å². The summed E-state index contributed by atoms with van der Waals surface area (Å²) >= 11 is 3.88. The minimum absolute atomic E-state index is 0.428. The van der Waals surface area contributed by atoms with Crippen molar-refractivity contribution in [1.29, 1.82) is 0 Å². The molecule has 174 valence electrons. The van der Waals surface area contributed by atoms with E-state index >= 15 is 0 Å². The Bertz CT molecular complexity index is 795. The normalized spacial score (nSPS) is 22.6. The highest BCUT2D eigenvalue weighted by atomic mass is 32.2. The molecule has 2 aliphatic heterocycles. The van der Waals surface area contributed by atoms with Gasteiger partial charge in [-0.1, -0.05) is 50.7 Å². The molecule has 2 heterocycles. The lowest BCUT2D eigenvalue weighted by atomic mass is 9.94. The van der Waals surface area contributed by atoms with Crippen molar-refractivity contribution in [2.75, 3.05) is 25.7 Å². The number of benzene rings is 2. The van der Waals surface area contributed by atoms with Crippen LogP contribution in [0.2, 0.25) is 0 Å². The summed E-state index contributed by atoms with van der Waals surface area (Å²) < 4.78 is 12.6. The molecule has 0 saturated heterocycles. The smallest absolute Gasteiger partial charge is 0.119 e. The topological polar surface area (TPSA) is 18.5 Å². The van der Waals surface area contributed by atoms with Gasteiger partial charge in [0, 0.05) is 10.5 Å². The van der Waals surface area contributed by atoms with Gasteiger partial charge >= 0.3 is 0 Å². The van der Waals surface area contributed by atoms with Gasteiger partial charge in [-0.25, -0.2) is 0 Å². The van der Waals surface area contributed by atoms with Crippen LogP contribution >= 0.6 is 23.5 Å². The van der Waals surface area contributed by atoms with Gasteiger partial charge in [0.1, 0.15) is 11.5 Å². The molecule has 0 fully saturated rings. The lowest BCUT2D eigenvalue weighted by Gasteiger charge is -2.24. The van der Waals surface area contributed by atoms with Gasteiger partial charge in [0.2, 0.25) is 0 Å². The quantitative estimate of drug-likeness (QED) is 0.440. The van der Waals surface area contributed by atoms with Crippen LogP contribution in [0.1, 0.15) is 84.1 Å². The highest BCUT2D eigenvalue weighted by Gasteiger charge is 2.21. The number of rotatable bonds is 2. The average Bonchev–Trinajstić information content (AvgIpc) is 2.80. The number of fused-ring (bicyclic) bond motifs is 13. The lowest BCUT2D eigenvalue weighted by molar-refractivity contribution is 0.300. The molecule has 0 saturated carbocycles. The van der Waals surface area contributed by atoms with Crippen molar-refractivity contribution in [3.05, 3.63) is 58.7 Å². The van der Waals surface area contributed by atoms with Crippen molar-refractivity contribution in [1.82, 2.24) is 0 Å². The summed E-state index contributed by atoms with van der Waals surface area (Å²) in [6.45, 7) is 1.66. The SMILES string of the molecule is CSC1Cc2cc3cc(c2)C(SC)Cc2cc(cc1c2)OCCCCCCCCCCO3. The molecule has 1 aliphatic carbocycles. The largest absolute Gasteiger partial charge is 0.494 e. The van der Waals surface area contributed by atoms with Gasteiger partial charge < -0.3 is 9.47 Å². The summed E-state index contributed by atoms with van der Waals surface area (Å²) in [5, 5.41) is 0.855. The number of ether oxygens (including phenoxy) is 2. The van der Waals surface area contributed by atoms with Crippen molar-refractivity contribution in [3.63, 3.8) is 0 Å². The van der Waals surface area contributed by atoms with Crippen LogP contribution in [0.3, 0.4) is 0 Å². The molecule has 0 N–H and O–H groups in total. The molecule has 6 bridgehead atoms. The van der Waals surface area contributed by atoms with Crippen molar-refractivity contribution in [2.45, 2.75) is 74.7 Å². The van der Waals surface area contributed by atoms with E-state index in [1.165, 1.54) is 60.8 Å². The zero-order valence-corrected chi connectivity index (χ0v) is 21.4. The third kappa shape index (κ3) is 6.63. The summed E-state index contributed by atoms with van der Waals surface area (Å²) in [4.78, 5) is 0. The Morgan fingerprint density at radius 3 is 1.38 bits per heavy atom. The predicted molar refractivity (Wildman–Crippen MR) is 141 cm³/mol. The van der Waals surface area contributed by atoms with Gasteiger partial charge in [-0.3, -0.25) is 0 Å². The second-order valence-corrected chi connectivity index (χ2v) is 11.3. The van der Waals surface area contributed by atoms with E-state index in [1.807, 2.05) is 23.5 Å². The molecule has 2 aromatic rings. The Hall–Kier alpha value is -1.26. The molecule has 0 amide bonds. The molecule has 4 heteroatoms. The van der Waals surface area contributed by atoms with Crippen LogP contribution in [0, 0.1) is 0 Å². The van der Waals surface area contributed by atoms with Gasteiger partial charge in [-0.05, 0) is 84.7 Å². The van der Waals surface area contributed by atoms with Crippen LogP contribution in [0.15, 0.2) is 36.4 Å². The standard InChI is InChI=1S/C28H38O2S2/c1-31-27-17-21-14-24-20-26(15-21)30-12-10-8-6-4-3-5-7-9-11-29-25-16-22(13-23(27)19-25)18-28(24)32-2/h13-16,19-20,27-28H,3-12,17-18H2,1-2H3. The van der Waals surface area contributed by atoms with E-state index in [1.54, 1.807) is 0 Å². The molecular formula is C28H38O2S2. The van der Waals surface area contributed by atoms with E-state index in [-0.39, 0.29) is 0 Å². The zero-order chi connectivity index (χ0) is 22.2. The van der Waals surface area contributed by atoms with Crippen LogP contribution < -0.4 is 9.47 Å². The maximum atomic E-state index is 6.28. The van der Waals surface area contributed by atoms with E-state index in [9.17, 15) is 0 Å². The van der Waals surface area contributed by atoms with E-state index in [2.05, 4.69) is 48.9 Å². The van der Waals surface area contributed by atoms with E-state index in [4.69, 9.17) is 9.47 Å². The summed E-state index contributed by atoms with van der Waals surface area (Å²) in [6.07, 6.45) is 16.7. The van der Waals surface area contributed by atoms with Crippen LogP contribution in [0.5, 0.6) is 11.5 Å². The molecule has 2 unspecified atom stereocenters. The molecule has 3 aliphatic rings. The summed E-state index contributed by atoms with van der Waals surface area (Å²) in [5.41, 5.74) is 5.57.